The molecule has 0 amide bonds. The van der Waals surface area contributed by atoms with E-state index in [1.165, 1.54) is 13.2 Å². The molecule has 10 radical (unpaired) electrons. The number of unbranched alkanes of at least 4 members (excludes halogenated alkanes) is 2. The molecule has 6 rings (SSSR count). The van der Waals surface area contributed by atoms with Crippen molar-refractivity contribution in [1.82, 2.24) is 0 Å². The predicted molar refractivity (Wildman–Crippen MR) is 354 cm³/mol. The molecule has 0 spiro atoms. The second-order valence-corrected chi connectivity index (χ2v) is 31.2. The zero-order valence-electron chi connectivity index (χ0n) is 54.5. The van der Waals surface area contributed by atoms with E-state index in [4.69, 9.17) is 150 Å². The lowest BCUT2D eigenvalue weighted by Gasteiger charge is -2.18. The number of aliphatic hydroxyl groups excluding tert-OH is 6. The number of methoxy groups -OCH3 is 1. The third-order valence-electron chi connectivity index (χ3n) is 13.6. The maximum atomic E-state index is 10.7. The van der Waals surface area contributed by atoms with Crippen LogP contribution in [-0.2, 0) is 79.5 Å². The maximum Gasteiger partial charge on any atom is 0.348 e. The van der Waals surface area contributed by atoms with Gasteiger partial charge in [-0.3, -0.25) is 27.4 Å². The first-order chi connectivity index (χ1) is 45.1. The minimum absolute atomic E-state index is 0.0681. The molecular weight excluding hydrogens is 1420 g/mol. The molecule has 6 heterocycles. The van der Waals surface area contributed by atoms with Gasteiger partial charge in [0.25, 0.3) is 0 Å². The standard InChI is InChI=1S/2C10H18BO6P.2C9H16BO6P.C7H12BO6P.C7H13O5P/c2*1-2-3-5-16-9-8(12)7(17-10(9)11)4-6-18(13,14)15;2*1-2-4-15-8-7(11)6(16-9(8)10)3-5-17(12,13)14;1-13-6-5(9)4(14-7(6)8)2-3-15(10,11)12;1-5-4-6(8)7(12-5)2-3-13(9,10)11/h2*4,6-10,12H,2-3,5H2,1H3,(H2,13,14,15);2*3,5-9,11H,2,4H2,1H3,(H2,12,13,14);2-7,9H,1H3,(H2,10,11,12);2-3,5-8H,4H2,1H3,(H2,9,10,11)/b2*6-4+;2*5-3+;2*3-2+/t2*7-,8+,9?,10-;2*6-,7+,8?,9-;4-,5+,6?,7-;5-,6+,7+/m111110/s1. The van der Waals surface area contributed by atoms with Crippen LogP contribution in [0.25, 0.3) is 0 Å². The van der Waals surface area contributed by atoms with Crippen molar-refractivity contribution >= 4 is 84.8 Å². The molecule has 98 heavy (non-hydrogen) atoms. The molecule has 35 nitrogen and oxygen atoms in total. The summed E-state index contributed by atoms with van der Waals surface area (Å²) in [6.45, 7) is 11.5. The quantitative estimate of drug-likeness (QED) is 0.0262. The van der Waals surface area contributed by atoms with Crippen LogP contribution >= 0.6 is 45.6 Å². The number of hydrogen-bond acceptors (Lipinski definition) is 23. The van der Waals surface area contributed by atoms with E-state index in [0.29, 0.717) is 61.9 Å². The minimum atomic E-state index is -4.26. The van der Waals surface area contributed by atoms with Crippen molar-refractivity contribution in [2.75, 3.05) is 33.5 Å². The van der Waals surface area contributed by atoms with Gasteiger partial charge in [0.05, 0.1) is 12.2 Å². The normalized spacial score (nSPS) is 34.8. The van der Waals surface area contributed by atoms with Crippen molar-refractivity contribution in [3.05, 3.63) is 71.4 Å². The third-order valence-corrected chi connectivity index (χ3v) is 17.0. The first kappa shape index (κ1) is 95.0. The summed E-state index contributed by atoms with van der Waals surface area (Å²) in [7, 11) is 3.92. The van der Waals surface area contributed by atoms with Gasteiger partial charge in [0.15, 0.2) is 0 Å². The SMILES string of the molecule is C[C@H]1C[C@@H](O)[C@@H](/C=C/P(=O)(O)O)O1.[B][C@@H]1O[C@H](/C=C/P(=O)(O)O)[C@H](O)C1OC.[B][C@@H]1O[C@H](/C=C/P(=O)(O)O)[C@H](O)C1OCCC.[B][C@@H]1O[C@H](/C=C/P(=O)(O)O)[C@H](O)C1OCCC.[B][C@@H]1O[C@H](/C=C/P(=O)(O)O)[C@H](O)C1OCCCC.[B][C@@H]1O[C@H](/C=C/P(=O)(O)O)[C@H](O)C1OCCCC. The second-order valence-electron chi connectivity index (χ2n) is 22.3. The van der Waals surface area contributed by atoms with Gasteiger partial charge in [0.2, 0.25) is 0 Å². The van der Waals surface area contributed by atoms with Crippen LogP contribution in [0, 0.1) is 0 Å². The third kappa shape index (κ3) is 38.8. The van der Waals surface area contributed by atoms with Crippen LogP contribution in [0.4, 0.5) is 0 Å². The highest BCUT2D eigenvalue weighted by atomic mass is 31.2. The van der Waals surface area contributed by atoms with Crippen molar-refractivity contribution in [1.29, 1.82) is 0 Å². The van der Waals surface area contributed by atoms with Crippen LogP contribution in [0.2, 0.25) is 0 Å². The van der Waals surface area contributed by atoms with Crippen molar-refractivity contribution < 1.29 is 169 Å². The van der Waals surface area contributed by atoms with Gasteiger partial charge >= 0.3 is 45.6 Å². The Balaban J connectivity index is 0.000000590. The molecule has 6 aliphatic rings. The highest BCUT2D eigenvalue weighted by Crippen LogP contribution is 2.42. The smallest absolute Gasteiger partial charge is 0.348 e. The topological polar surface area (TPSA) is 568 Å². The van der Waals surface area contributed by atoms with E-state index in [2.05, 4.69) is 0 Å². The summed E-state index contributed by atoms with van der Waals surface area (Å²) < 4.78 is 121. The van der Waals surface area contributed by atoms with Crippen molar-refractivity contribution in [2.45, 2.75) is 219 Å². The molecule has 0 aromatic carbocycles. The number of rotatable bonds is 27. The van der Waals surface area contributed by atoms with Crippen LogP contribution in [0.15, 0.2) is 71.4 Å². The molecule has 23 atom stereocenters. The molecule has 46 heteroatoms. The molecule has 18 N–H and O–H groups in total. The fourth-order valence-electron chi connectivity index (χ4n) is 8.93. The van der Waals surface area contributed by atoms with Crippen LogP contribution < -0.4 is 0 Å². The summed E-state index contributed by atoms with van der Waals surface area (Å²) in [5, 5.41) is 58.3. The maximum absolute atomic E-state index is 10.7. The van der Waals surface area contributed by atoms with Gasteiger partial charge in [-0.2, -0.15) is 0 Å². The lowest BCUT2D eigenvalue weighted by Crippen LogP contribution is -2.35. The lowest BCUT2D eigenvalue weighted by atomic mass is 9.93. The number of aliphatic hydroxyl groups is 6. The van der Waals surface area contributed by atoms with E-state index in [9.17, 15) is 58.0 Å². The van der Waals surface area contributed by atoms with Gasteiger partial charge in [0, 0.05) is 105 Å². The van der Waals surface area contributed by atoms with Gasteiger partial charge in [-0.25, -0.2) is 0 Å². The molecule has 0 saturated carbocycles. The summed E-state index contributed by atoms with van der Waals surface area (Å²) in [6.07, 6.45) is -1.77. The molecule has 0 aromatic heterocycles. The van der Waals surface area contributed by atoms with Crippen LogP contribution in [-0.4, -0.2) is 302 Å². The summed E-state index contributed by atoms with van der Waals surface area (Å²) in [5.74, 6) is 4.21. The summed E-state index contributed by atoms with van der Waals surface area (Å²) in [4.78, 5) is 104. The van der Waals surface area contributed by atoms with E-state index < -0.39 is 179 Å². The fourth-order valence-corrected chi connectivity index (χ4v) is 11.3. The van der Waals surface area contributed by atoms with Gasteiger partial charge < -0.3 is 141 Å². The van der Waals surface area contributed by atoms with Crippen molar-refractivity contribution in [2.24, 2.45) is 0 Å². The fraction of sp³-hybridized carbons (Fsp3) is 0.769. The van der Waals surface area contributed by atoms with E-state index in [1.807, 2.05) is 27.7 Å². The summed E-state index contributed by atoms with van der Waals surface area (Å²) in [5.41, 5.74) is 0. The van der Waals surface area contributed by atoms with E-state index >= 15 is 0 Å². The molecule has 6 saturated heterocycles. The number of hydrogen-bond donors (Lipinski definition) is 18. The van der Waals surface area contributed by atoms with Gasteiger partial charge in [0.1, 0.15) is 137 Å². The van der Waals surface area contributed by atoms with Crippen LogP contribution in [0.5, 0.6) is 0 Å². The molecular formula is C52H93B5O35P6. The number of ether oxygens (including phenoxy) is 11. The second kappa shape index (κ2) is 45.5. The summed E-state index contributed by atoms with van der Waals surface area (Å²) in [6, 6.07) is -4.02. The van der Waals surface area contributed by atoms with Gasteiger partial charge in [-0.1, -0.05) is 40.5 Å². The average Bonchev–Trinajstić information content (AvgIpc) is 1.73. The predicted octanol–water partition coefficient (Wildman–Crippen LogP) is -1.15. The van der Waals surface area contributed by atoms with Gasteiger partial charge in [-0.05, 0) is 69.1 Å². The molecule has 6 fully saturated rings. The Morgan fingerprint density at radius 2 is 0.561 bits per heavy atom. The van der Waals surface area contributed by atoms with Crippen LogP contribution in [0.1, 0.15) is 79.6 Å². The largest absolute Gasteiger partial charge is 0.390 e. The average molecular weight is 1520 g/mol. The monoisotopic (exact) mass is 1520 g/mol. The summed E-state index contributed by atoms with van der Waals surface area (Å²) >= 11 is 0. The Hall–Kier alpha value is -1.02. The molecule has 5 unspecified atom stereocenters. The van der Waals surface area contributed by atoms with E-state index in [1.54, 1.807) is 6.92 Å². The molecule has 0 aromatic rings. The zero-order chi connectivity index (χ0) is 75.3. The van der Waals surface area contributed by atoms with Crippen molar-refractivity contribution in [3.63, 3.8) is 0 Å². The molecule has 556 valence electrons. The Bertz CT molecular complexity index is 2640. The highest BCUT2D eigenvalue weighted by Gasteiger charge is 2.45. The van der Waals surface area contributed by atoms with Crippen LogP contribution in [0.3, 0.4) is 0 Å². The van der Waals surface area contributed by atoms with Crippen molar-refractivity contribution in [3.8, 4) is 0 Å². The molecule has 6 aliphatic heterocycles. The van der Waals surface area contributed by atoms with Gasteiger partial charge in [-0.15, -0.1) is 0 Å². The highest BCUT2D eigenvalue weighted by molar-refractivity contribution is 7.56. The first-order valence-corrected chi connectivity index (χ1v) is 40.5. The Kier molecular flexibility index (Phi) is 44.1. The van der Waals surface area contributed by atoms with E-state index in [-0.39, 0.29) is 6.10 Å². The first-order valence-electron chi connectivity index (χ1n) is 30.4. The minimum Gasteiger partial charge on any atom is -0.390 e. The Morgan fingerprint density at radius 1 is 0.347 bits per heavy atom. The molecule has 0 aliphatic carbocycles. The lowest BCUT2D eigenvalue weighted by molar-refractivity contribution is -0.0203. The molecule has 0 bridgehead atoms. The Morgan fingerprint density at radius 3 is 0.745 bits per heavy atom. The zero-order valence-corrected chi connectivity index (χ0v) is 59.9. The van der Waals surface area contributed by atoms with E-state index in [0.717, 1.165) is 74.7 Å². The Labute approximate surface area is 575 Å².